The number of aromatic nitrogens is 3. The zero-order valence-electron chi connectivity index (χ0n) is 11.1. The molecule has 3 heterocycles. The van der Waals surface area contributed by atoms with Crippen LogP contribution in [0, 0.1) is 3.57 Å². The van der Waals surface area contributed by atoms with Crippen LogP contribution in [0.5, 0.6) is 0 Å². The predicted molar refractivity (Wildman–Crippen MR) is 82.3 cm³/mol. The van der Waals surface area contributed by atoms with E-state index < -0.39 is 24.0 Å². The molecule has 0 radical (unpaired) electrons. The normalized spacial score (nSPS) is 32.9. The van der Waals surface area contributed by atoms with Crippen molar-refractivity contribution in [1.82, 2.24) is 14.5 Å². The molecule has 3 rings (SSSR count). The SMILES string of the molecule is C[C@@]1(O)C(n2cc(I)c3c(N)ncnc32)O[C@H](CO)[C@H]1O. The Kier molecular flexibility index (Phi) is 3.56. The number of nitrogen functional groups attached to an aromatic ring is 1. The summed E-state index contributed by atoms with van der Waals surface area (Å²) in [4.78, 5) is 8.13. The maximum absolute atomic E-state index is 10.5. The molecule has 1 unspecified atom stereocenters. The van der Waals surface area contributed by atoms with Crippen molar-refractivity contribution in [2.75, 3.05) is 12.3 Å². The molecule has 2 aromatic heterocycles. The van der Waals surface area contributed by atoms with E-state index in [-0.39, 0.29) is 6.61 Å². The predicted octanol–water partition coefficient (Wildman–Crippen LogP) is -0.380. The van der Waals surface area contributed by atoms with E-state index in [0.29, 0.717) is 16.9 Å². The van der Waals surface area contributed by atoms with Crippen LogP contribution in [0.25, 0.3) is 11.0 Å². The monoisotopic (exact) mass is 406 g/mol. The first-order chi connectivity index (χ1) is 9.87. The minimum atomic E-state index is -1.57. The number of fused-ring (bicyclic) bond motifs is 1. The summed E-state index contributed by atoms with van der Waals surface area (Å²) in [6, 6.07) is 0. The number of anilines is 1. The van der Waals surface area contributed by atoms with Gasteiger partial charge in [-0.2, -0.15) is 0 Å². The Hall–Kier alpha value is -1.01. The molecule has 1 saturated heterocycles. The Morgan fingerprint density at radius 3 is 2.86 bits per heavy atom. The van der Waals surface area contributed by atoms with Gasteiger partial charge in [-0.1, -0.05) is 0 Å². The van der Waals surface area contributed by atoms with Crippen LogP contribution >= 0.6 is 22.6 Å². The van der Waals surface area contributed by atoms with Gasteiger partial charge >= 0.3 is 0 Å². The average molecular weight is 406 g/mol. The molecular formula is C12H15IN4O4. The van der Waals surface area contributed by atoms with E-state index in [0.717, 1.165) is 3.57 Å². The fourth-order valence-electron chi connectivity index (χ4n) is 2.63. The summed E-state index contributed by atoms with van der Waals surface area (Å²) in [6.07, 6.45) is 0.0986. The molecule has 0 aromatic carbocycles. The van der Waals surface area contributed by atoms with Gasteiger partial charge in [-0.15, -0.1) is 0 Å². The molecule has 2 aromatic rings. The molecule has 0 amide bonds. The van der Waals surface area contributed by atoms with Gasteiger partial charge in [-0.25, -0.2) is 9.97 Å². The van der Waals surface area contributed by atoms with Gasteiger partial charge in [0.2, 0.25) is 0 Å². The molecule has 0 saturated carbocycles. The standard InChI is InChI=1S/C12H15IN4O4/c1-12(20)8(19)6(3-18)21-11(12)17-2-5(13)7-9(14)15-4-16-10(7)17/h2,4,6,8,11,18-20H,3H2,1H3,(H2,14,15,16)/t6-,8-,11?,12+/m1/s1. The molecule has 9 heteroatoms. The van der Waals surface area contributed by atoms with Gasteiger partial charge in [0.1, 0.15) is 35.6 Å². The zero-order valence-corrected chi connectivity index (χ0v) is 13.3. The lowest BCUT2D eigenvalue weighted by molar-refractivity contribution is -0.0948. The summed E-state index contributed by atoms with van der Waals surface area (Å²) >= 11 is 2.09. The summed E-state index contributed by atoms with van der Waals surface area (Å²) in [6.45, 7) is 1.07. The third-order valence-electron chi connectivity index (χ3n) is 3.78. The van der Waals surface area contributed by atoms with Crippen LogP contribution in [0.1, 0.15) is 13.2 Å². The first-order valence-electron chi connectivity index (χ1n) is 6.31. The molecule has 5 N–H and O–H groups in total. The van der Waals surface area contributed by atoms with Crippen molar-refractivity contribution in [3.05, 3.63) is 16.1 Å². The van der Waals surface area contributed by atoms with Crippen molar-refractivity contribution in [3.63, 3.8) is 0 Å². The van der Waals surface area contributed by atoms with Crippen molar-refractivity contribution in [1.29, 1.82) is 0 Å². The second-order valence-corrected chi connectivity index (χ2v) is 6.38. The Morgan fingerprint density at radius 1 is 1.52 bits per heavy atom. The van der Waals surface area contributed by atoms with E-state index in [1.807, 2.05) is 0 Å². The quantitative estimate of drug-likeness (QED) is 0.501. The fourth-order valence-corrected chi connectivity index (χ4v) is 3.45. The second-order valence-electron chi connectivity index (χ2n) is 5.22. The van der Waals surface area contributed by atoms with Gasteiger partial charge in [-0.3, -0.25) is 0 Å². The van der Waals surface area contributed by atoms with Gasteiger partial charge < -0.3 is 30.4 Å². The molecule has 8 nitrogen and oxygen atoms in total. The molecule has 1 fully saturated rings. The second kappa shape index (κ2) is 5.02. The molecule has 0 aliphatic carbocycles. The molecule has 1 aliphatic rings. The number of aliphatic hydroxyl groups is 3. The van der Waals surface area contributed by atoms with Crippen LogP contribution in [0.4, 0.5) is 5.82 Å². The lowest BCUT2D eigenvalue weighted by Crippen LogP contribution is -2.44. The van der Waals surface area contributed by atoms with E-state index in [1.54, 1.807) is 10.8 Å². The molecule has 114 valence electrons. The summed E-state index contributed by atoms with van der Waals surface area (Å²) < 4.78 is 8.01. The van der Waals surface area contributed by atoms with E-state index in [2.05, 4.69) is 32.6 Å². The highest BCUT2D eigenvalue weighted by molar-refractivity contribution is 14.1. The number of nitrogens with zero attached hydrogens (tertiary/aromatic N) is 3. The molecule has 0 spiro atoms. The number of aliphatic hydroxyl groups excluding tert-OH is 2. The Morgan fingerprint density at radius 2 is 2.24 bits per heavy atom. The third-order valence-corrected chi connectivity index (χ3v) is 4.60. The zero-order chi connectivity index (χ0) is 15.4. The third kappa shape index (κ3) is 2.11. The maximum atomic E-state index is 10.5. The lowest BCUT2D eigenvalue weighted by atomic mass is 9.96. The highest BCUT2D eigenvalue weighted by atomic mass is 127. The Bertz CT molecular complexity index is 689. The van der Waals surface area contributed by atoms with Crippen molar-refractivity contribution in [3.8, 4) is 0 Å². The molecule has 21 heavy (non-hydrogen) atoms. The van der Waals surface area contributed by atoms with Crippen LogP contribution in [-0.2, 0) is 4.74 Å². The average Bonchev–Trinajstić information content (AvgIpc) is 2.87. The van der Waals surface area contributed by atoms with Gasteiger partial charge in [-0.05, 0) is 29.5 Å². The smallest absolute Gasteiger partial charge is 0.167 e. The number of nitrogens with two attached hydrogens (primary N) is 1. The van der Waals surface area contributed by atoms with Crippen LogP contribution in [0.3, 0.4) is 0 Å². The highest BCUT2D eigenvalue weighted by Crippen LogP contribution is 2.40. The topological polar surface area (TPSA) is 127 Å². The molecular weight excluding hydrogens is 391 g/mol. The van der Waals surface area contributed by atoms with Gasteiger partial charge in [0.15, 0.2) is 6.23 Å². The summed E-state index contributed by atoms with van der Waals surface area (Å²) in [5.74, 6) is 0.333. The highest BCUT2D eigenvalue weighted by Gasteiger charge is 2.53. The van der Waals surface area contributed by atoms with Crippen LogP contribution in [0.2, 0.25) is 0 Å². The Balaban J connectivity index is 2.15. The Labute approximate surface area is 133 Å². The largest absolute Gasteiger partial charge is 0.394 e. The fraction of sp³-hybridized carbons (Fsp3) is 0.500. The van der Waals surface area contributed by atoms with Crippen LogP contribution < -0.4 is 5.73 Å². The van der Waals surface area contributed by atoms with E-state index in [9.17, 15) is 15.3 Å². The molecule has 1 aliphatic heterocycles. The number of rotatable bonds is 2. The number of hydrogen-bond acceptors (Lipinski definition) is 7. The maximum Gasteiger partial charge on any atom is 0.167 e. The van der Waals surface area contributed by atoms with Crippen LogP contribution in [0.15, 0.2) is 12.5 Å². The van der Waals surface area contributed by atoms with Crippen molar-refractivity contribution in [2.45, 2.75) is 31.0 Å². The molecule has 0 bridgehead atoms. The number of halogens is 1. The number of ether oxygens (including phenoxy) is 1. The summed E-state index contributed by atoms with van der Waals surface area (Å²) in [7, 11) is 0. The lowest BCUT2D eigenvalue weighted by Gasteiger charge is -2.27. The summed E-state index contributed by atoms with van der Waals surface area (Å²) in [5.41, 5.74) is 4.79. The van der Waals surface area contributed by atoms with Crippen molar-refractivity contribution < 1.29 is 20.1 Å². The van der Waals surface area contributed by atoms with Gasteiger partial charge in [0.05, 0.1) is 12.0 Å². The molecule has 4 atom stereocenters. The number of hydrogen-bond donors (Lipinski definition) is 4. The van der Waals surface area contributed by atoms with Crippen LogP contribution in [-0.4, -0.2) is 54.3 Å². The van der Waals surface area contributed by atoms with E-state index in [4.69, 9.17) is 10.5 Å². The van der Waals surface area contributed by atoms with E-state index >= 15 is 0 Å². The van der Waals surface area contributed by atoms with Gasteiger partial charge in [0.25, 0.3) is 0 Å². The minimum absolute atomic E-state index is 0.333. The van der Waals surface area contributed by atoms with Gasteiger partial charge in [0, 0.05) is 9.77 Å². The first-order valence-corrected chi connectivity index (χ1v) is 7.39. The van der Waals surface area contributed by atoms with Crippen molar-refractivity contribution >= 4 is 39.4 Å². The van der Waals surface area contributed by atoms with Crippen molar-refractivity contribution in [2.24, 2.45) is 0 Å². The minimum Gasteiger partial charge on any atom is -0.394 e. The first kappa shape index (κ1) is 14.9. The van der Waals surface area contributed by atoms with E-state index in [1.165, 1.54) is 13.3 Å². The summed E-state index contributed by atoms with van der Waals surface area (Å²) in [5, 5.41) is 30.5.